The Balaban J connectivity index is 1.75. The van der Waals surface area contributed by atoms with E-state index in [0.29, 0.717) is 23.3 Å². The van der Waals surface area contributed by atoms with Crippen LogP contribution in [0.3, 0.4) is 0 Å². The van der Waals surface area contributed by atoms with Crippen LogP contribution in [0.1, 0.15) is 46.8 Å². The zero-order chi connectivity index (χ0) is 26.9. The minimum atomic E-state index is -5.79. The van der Waals surface area contributed by atoms with Crippen molar-refractivity contribution in [3.8, 4) is 0 Å². The van der Waals surface area contributed by atoms with Gasteiger partial charge in [-0.15, -0.1) is 0 Å². The van der Waals surface area contributed by atoms with Gasteiger partial charge in [-0.3, -0.25) is 4.79 Å². The number of carbonyl (C=O) groups excluding carboxylic acids is 1. The average molecular weight is 538 g/mol. The van der Waals surface area contributed by atoms with E-state index in [1.54, 1.807) is 13.0 Å². The fourth-order valence-corrected chi connectivity index (χ4v) is 5.61. The minimum Gasteiger partial charge on any atom is -0.354 e. The highest BCUT2D eigenvalue weighted by molar-refractivity contribution is 7.91. The van der Waals surface area contributed by atoms with Crippen LogP contribution < -0.4 is 5.32 Å². The highest BCUT2D eigenvalue weighted by Crippen LogP contribution is 2.52. The van der Waals surface area contributed by atoms with Crippen LogP contribution in [-0.4, -0.2) is 39.0 Å². The number of nitrogens with one attached hydrogen (secondary N) is 1. The van der Waals surface area contributed by atoms with Crippen LogP contribution in [0, 0.1) is 12.8 Å². The van der Waals surface area contributed by atoms with E-state index in [0.717, 1.165) is 31.9 Å². The highest BCUT2D eigenvalue weighted by atomic mass is 32.2. The topological polar surface area (TPSA) is 72.5 Å². The summed E-state index contributed by atoms with van der Waals surface area (Å²) in [4.78, 5) is 12.7. The first-order chi connectivity index (χ1) is 16.6. The molecular formula is C24H25F6NO4S. The summed E-state index contributed by atoms with van der Waals surface area (Å²) < 4.78 is 110. The predicted octanol–water partition coefficient (Wildman–Crippen LogP) is 5.47. The second-order valence-corrected chi connectivity index (χ2v) is 10.7. The van der Waals surface area contributed by atoms with Crippen molar-refractivity contribution in [2.24, 2.45) is 5.92 Å². The smallest absolute Gasteiger partial charge is 0.354 e. The van der Waals surface area contributed by atoms with Crippen LogP contribution in [0.25, 0.3) is 0 Å². The van der Waals surface area contributed by atoms with E-state index < -0.39 is 45.9 Å². The summed E-state index contributed by atoms with van der Waals surface area (Å²) in [6.07, 6.45) is -9.80. The number of halogens is 6. The van der Waals surface area contributed by atoms with E-state index in [2.05, 4.69) is 10.1 Å². The van der Waals surface area contributed by atoms with Crippen LogP contribution in [0.4, 0.5) is 26.3 Å². The third kappa shape index (κ3) is 5.69. The summed E-state index contributed by atoms with van der Waals surface area (Å²) in [6, 6.07) is 7.36. The van der Waals surface area contributed by atoms with E-state index in [1.807, 2.05) is 0 Å². The molecule has 0 aromatic heterocycles. The largest absolute Gasteiger partial charge is 0.430 e. The van der Waals surface area contributed by atoms with Gasteiger partial charge in [0.1, 0.15) is 0 Å². The van der Waals surface area contributed by atoms with E-state index in [-0.39, 0.29) is 28.7 Å². The van der Waals surface area contributed by atoms with Crippen LogP contribution in [-0.2, 0) is 26.7 Å². The number of alkyl halides is 6. The molecule has 2 aromatic carbocycles. The van der Waals surface area contributed by atoms with Crippen molar-refractivity contribution in [3.63, 3.8) is 0 Å². The summed E-state index contributed by atoms with van der Waals surface area (Å²) in [7, 11) is -3.41. The average Bonchev–Trinajstić information content (AvgIpc) is 3.58. The molecule has 0 atom stereocenters. The number of amides is 1. The number of carbonyl (C=O) groups is 1. The quantitative estimate of drug-likeness (QED) is 0.431. The van der Waals surface area contributed by atoms with Gasteiger partial charge in [0.25, 0.3) is 11.5 Å². The summed E-state index contributed by atoms with van der Waals surface area (Å²) in [5.74, 6) is -0.454. The lowest BCUT2D eigenvalue weighted by Crippen LogP contribution is -2.56. The summed E-state index contributed by atoms with van der Waals surface area (Å²) in [5, 5.41) is 2.54. The number of ether oxygens (including phenoxy) is 1. The molecule has 0 aliphatic heterocycles. The third-order valence-corrected chi connectivity index (χ3v) is 7.86. The Hall–Kier alpha value is -2.60. The van der Waals surface area contributed by atoms with Crippen molar-refractivity contribution in [1.29, 1.82) is 0 Å². The monoisotopic (exact) mass is 537 g/mol. The van der Waals surface area contributed by atoms with Gasteiger partial charge in [0.05, 0.1) is 10.6 Å². The number of hydrogen-bond acceptors (Lipinski definition) is 4. The zero-order valence-corrected chi connectivity index (χ0v) is 20.3. The number of sulfone groups is 1. The number of aryl methyl sites for hydroxylation is 1. The summed E-state index contributed by atoms with van der Waals surface area (Å²) in [6.45, 7) is 1.82. The molecule has 1 fully saturated rings. The molecule has 1 aliphatic rings. The van der Waals surface area contributed by atoms with E-state index in [4.69, 9.17) is 0 Å². The summed E-state index contributed by atoms with van der Waals surface area (Å²) in [5.41, 5.74) is -4.66. The molecular weight excluding hydrogens is 512 g/mol. The van der Waals surface area contributed by atoms with E-state index in [1.165, 1.54) is 12.1 Å². The first-order valence-electron chi connectivity index (χ1n) is 11.1. The lowest BCUT2D eigenvalue weighted by atomic mass is 9.91. The maximum atomic E-state index is 13.6. The lowest BCUT2D eigenvalue weighted by Gasteiger charge is -2.37. The van der Waals surface area contributed by atoms with Crippen LogP contribution in [0.5, 0.6) is 0 Å². The second kappa shape index (κ2) is 10.0. The molecule has 198 valence electrons. The first-order valence-corrected chi connectivity index (χ1v) is 12.8. The van der Waals surface area contributed by atoms with Crippen LogP contribution >= 0.6 is 0 Å². The molecule has 1 saturated carbocycles. The van der Waals surface area contributed by atoms with Crippen LogP contribution in [0.15, 0.2) is 47.4 Å². The lowest BCUT2D eigenvalue weighted by molar-refractivity contribution is -0.388. The number of benzene rings is 2. The van der Waals surface area contributed by atoms with Crippen molar-refractivity contribution in [2.45, 2.75) is 56.1 Å². The van der Waals surface area contributed by atoms with Gasteiger partial charge in [0.2, 0.25) is 0 Å². The molecule has 0 unspecified atom stereocenters. The van der Waals surface area contributed by atoms with Gasteiger partial charge < -0.3 is 10.1 Å². The minimum absolute atomic E-state index is 0.0244. The fourth-order valence-electron chi connectivity index (χ4n) is 3.84. The van der Waals surface area contributed by atoms with Crippen molar-refractivity contribution in [3.05, 3.63) is 64.7 Å². The van der Waals surface area contributed by atoms with Gasteiger partial charge in [0.15, 0.2) is 9.84 Å². The van der Waals surface area contributed by atoms with Gasteiger partial charge in [-0.25, -0.2) is 8.42 Å². The number of hydrogen-bond donors (Lipinski definition) is 1. The van der Waals surface area contributed by atoms with Gasteiger partial charge in [-0.1, -0.05) is 18.2 Å². The Morgan fingerprint density at radius 1 is 1.00 bits per heavy atom. The van der Waals surface area contributed by atoms with Crippen molar-refractivity contribution in [2.75, 3.05) is 12.4 Å². The Labute approximate surface area is 204 Å². The SMILES string of the molecule is CCOC(c1ccc(C(=O)NCc2ccc(S(=O)(=O)CC3CC3)cc2C)cc1)(C(F)(F)F)C(F)(F)F. The Bertz CT molecular complexity index is 1190. The fraction of sp³-hybridized carbons (Fsp3) is 0.458. The molecule has 5 nitrogen and oxygen atoms in total. The normalized spacial score (nSPS) is 15.1. The highest BCUT2D eigenvalue weighted by Gasteiger charge is 2.73. The molecule has 0 saturated heterocycles. The van der Waals surface area contributed by atoms with Gasteiger partial charge >= 0.3 is 12.4 Å². The Morgan fingerprint density at radius 3 is 2.06 bits per heavy atom. The molecule has 0 bridgehead atoms. The van der Waals surface area contributed by atoms with Gasteiger partial charge in [-0.2, -0.15) is 26.3 Å². The van der Waals surface area contributed by atoms with Gasteiger partial charge in [0, 0.05) is 24.3 Å². The second-order valence-electron chi connectivity index (χ2n) is 8.68. The first kappa shape index (κ1) is 28.0. The maximum Gasteiger partial charge on any atom is 0.430 e. The molecule has 12 heteroatoms. The third-order valence-electron chi connectivity index (χ3n) is 5.98. The standard InChI is InChI=1S/C24H25F6NO4S/c1-3-35-22(23(25,26)27,24(28,29)30)19-9-6-17(7-10-19)21(32)31-13-18-8-11-20(12-15(18)2)36(33,34)14-16-4-5-16/h6-12,16H,3-5,13-14H2,1-2H3,(H,31,32). The van der Waals surface area contributed by atoms with Crippen molar-refractivity contribution in [1.82, 2.24) is 5.32 Å². The molecule has 0 spiro atoms. The number of rotatable bonds is 9. The molecule has 1 aliphatic carbocycles. The maximum absolute atomic E-state index is 13.6. The molecule has 3 rings (SSSR count). The molecule has 1 N–H and O–H groups in total. The Morgan fingerprint density at radius 2 is 1.58 bits per heavy atom. The van der Waals surface area contributed by atoms with Gasteiger partial charge in [-0.05, 0) is 68.0 Å². The van der Waals surface area contributed by atoms with E-state index >= 15 is 0 Å². The van der Waals surface area contributed by atoms with Crippen molar-refractivity contribution >= 4 is 15.7 Å². The zero-order valence-electron chi connectivity index (χ0n) is 19.5. The summed E-state index contributed by atoms with van der Waals surface area (Å²) >= 11 is 0. The van der Waals surface area contributed by atoms with Crippen LogP contribution in [0.2, 0.25) is 0 Å². The van der Waals surface area contributed by atoms with E-state index in [9.17, 15) is 39.6 Å². The molecule has 0 heterocycles. The van der Waals surface area contributed by atoms with Crippen molar-refractivity contribution < 1.29 is 44.3 Å². The molecule has 0 radical (unpaired) electrons. The predicted molar refractivity (Wildman–Crippen MR) is 119 cm³/mol. The Kier molecular flexibility index (Phi) is 7.81. The molecule has 1 amide bonds. The molecule has 2 aromatic rings. The molecule has 36 heavy (non-hydrogen) atoms.